The van der Waals surface area contributed by atoms with Gasteiger partial charge in [0, 0.05) is 24.5 Å². The molecule has 0 aromatic carbocycles. The van der Waals surface area contributed by atoms with Gasteiger partial charge in [-0.25, -0.2) is 15.4 Å². The van der Waals surface area contributed by atoms with Crippen LogP contribution >= 0.6 is 11.3 Å². The van der Waals surface area contributed by atoms with Crippen molar-refractivity contribution in [1.82, 2.24) is 19.7 Å². The predicted molar refractivity (Wildman–Crippen MR) is 84.5 cm³/mol. The number of hydrogen-bond acceptors (Lipinski definition) is 6. The number of aryl methyl sites for hydroxylation is 1. The van der Waals surface area contributed by atoms with E-state index in [-0.39, 0.29) is 5.13 Å². The van der Waals surface area contributed by atoms with E-state index in [1.54, 1.807) is 23.1 Å². The molecule has 3 rings (SSSR count). The summed E-state index contributed by atoms with van der Waals surface area (Å²) in [6, 6.07) is 4.86. The lowest BCUT2D eigenvalue weighted by Gasteiger charge is -2.02. The lowest BCUT2D eigenvalue weighted by molar-refractivity contribution is 0.657. The van der Waals surface area contributed by atoms with Crippen LogP contribution in [0.5, 0.6) is 0 Å². The van der Waals surface area contributed by atoms with Crippen molar-refractivity contribution >= 4 is 23.5 Å². The Bertz CT molecular complexity index is 822. The summed E-state index contributed by atoms with van der Waals surface area (Å²) in [5.74, 6) is 0.369. The minimum Gasteiger partial charge on any atom is -0.272 e. The molecule has 0 bridgehead atoms. The quantitative estimate of drug-likeness (QED) is 0.593. The topological polar surface area (TPSA) is 68.0 Å². The standard InChI is InChI=1S/C14H13FN6S/c1-9-11(8-18-21(9)2)12-5-6-16-14(19-12)20-17-7-10-3-4-13(15)22-10/h3-8H,1-2H3,(H,16,19,20). The fourth-order valence-electron chi connectivity index (χ4n) is 1.86. The maximum atomic E-state index is 12.9. The first-order valence-corrected chi connectivity index (χ1v) is 7.31. The Morgan fingerprint density at radius 1 is 1.36 bits per heavy atom. The Kier molecular flexibility index (Phi) is 3.92. The summed E-state index contributed by atoms with van der Waals surface area (Å²) < 4.78 is 14.6. The van der Waals surface area contributed by atoms with Crippen LogP contribution in [0.25, 0.3) is 11.3 Å². The average molecular weight is 316 g/mol. The largest absolute Gasteiger partial charge is 0.272 e. The molecule has 3 heterocycles. The second-order valence-electron chi connectivity index (χ2n) is 4.54. The molecule has 8 heteroatoms. The second-order valence-corrected chi connectivity index (χ2v) is 5.61. The number of aromatic nitrogens is 4. The highest BCUT2D eigenvalue weighted by atomic mass is 32.1. The number of anilines is 1. The minimum atomic E-state index is -0.244. The van der Waals surface area contributed by atoms with Crippen molar-refractivity contribution in [3.8, 4) is 11.3 Å². The molecule has 112 valence electrons. The molecule has 1 N–H and O–H groups in total. The Morgan fingerprint density at radius 3 is 2.91 bits per heavy atom. The third kappa shape index (κ3) is 3.01. The molecule has 0 spiro atoms. The number of thiophene rings is 1. The van der Waals surface area contributed by atoms with Crippen molar-refractivity contribution in [2.45, 2.75) is 6.92 Å². The molecule has 0 saturated carbocycles. The highest BCUT2D eigenvalue weighted by Crippen LogP contribution is 2.20. The van der Waals surface area contributed by atoms with Gasteiger partial charge in [-0.3, -0.25) is 4.68 Å². The maximum absolute atomic E-state index is 12.9. The van der Waals surface area contributed by atoms with Crippen LogP contribution in [0.4, 0.5) is 10.3 Å². The van der Waals surface area contributed by atoms with Crippen molar-refractivity contribution < 1.29 is 4.39 Å². The van der Waals surface area contributed by atoms with E-state index in [1.165, 1.54) is 12.3 Å². The van der Waals surface area contributed by atoms with Crippen molar-refractivity contribution in [1.29, 1.82) is 0 Å². The molecule has 0 unspecified atom stereocenters. The number of hydrazone groups is 1. The van der Waals surface area contributed by atoms with Crippen LogP contribution < -0.4 is 5.43 Å². The van der Waals surface area contributed by atoms with E-state index in [4.69, 9.17) is 0 Å². The molecule has 3 aromatic rings. The Morgan fingerprint density at radius 2 is 2.23 bits per heavy atom. The van der Waals surface area contributed by atoms with E-state index in [0.717, 1.165) is 28.3 Å². The number of hydrogen-bond donors (Lipinski definition) is 1. The van der Waals surface area contributed by atoms with E-state index in [2.05, 4.69) is 25.6 Å². The first-order valence-electron chi connectivity index (χ1n) is 6.50. The highest BCUT2D eigenvalue weighted by molar-refractivity contribution is 7.12. The Hall–Kier alpha value is -2.61. The summed E-state index contributed by atoms with van der Waals surface area (Å²) in [5.41, 5.74) is 5.47. The van der Waals surface area contributed by atoms with Crippen LogP contribution in [0.1, 0.15) is 10.6 Å². The molecule has 6 nitrogen and oxygen atoms in total. The molecule has 0 aliphatic rings. The zero-order valence-corrected chi connectivity index (χ0v) is 12.8. The normalized spacial score (nSPS) is 11.2. The summed E-state index contributed by atoms with van der Waals surface area (Å²) in [4.78, 5) is 9.21. The lowest BCUT2D eigenvalue weighted by atomic mass is 10.2. The molecule has 0 aliphatic heterocycles. The van der Waals surface area contributed by atoms with Gasteiger partial charge in [-0.1, -0.05) is 0 Å². The van der Waals surface area contributed by atoms with Crippen molar-refractivity contribution in [3.63, 3.8) is 0 Å². The van der Waals surface area contributed by atoms with E-state index in [0.29, 0.717) is 10.8 Å². The molecule has 0 amide bonds. The first kappa shape index (κ1) is 14.3. The summed E-state index contributed by atoms with van der Waals surface area (Å²) in [6.45, 7) is 1.97. The predicted octanol–water partition coefficient (Wildman–Crippen LogP) is 2.83. The fraction of sp³-hybridized carbons (Fsp3) is 0.143. The second kappa shape index (κ2) is 6.02. The van der Waals surface area contributed by atoms with Gasteiger partial charge in [0.1, 0.15) is 0 Å². The van der Waals surface area contributed by atoms with Crippen molar-refractivity contribution in [3.05, 3.63) is 46.3 Å². The third-order valence-electron chi connectivity index (χ3n) is 3.12. The molecule has 0 fully saturated rings. The van der Waals surface area contributed by atoms with Gasteiger partial charge in [0.2, 0.25) is 5.95 Å². The van der Waals surface area contributed by atoms with Gasteiger partial charge in [0.25, 0.3) is 0 Å². The highest BCUT2D eigenvalue weighted by Gasteiger charge is 2.08. The van der Waals surface area contributed by atoms with E-state index in [9.17, 15) is 4.39 Å². The molecule has 0 saturated heterocycles. The molecule has 0 radical (unpaired) electrons. The first-order chi connectivity index (χ1) is 10.6. The number of halogens is 1. The maximum Gasteiger partial charge on any atom is 0.244 e. The molecular weight excluding hydrogens is 303 g/mol. The lowest BCUT2D eigenvalue weighted by Crippen LogP contribution is -1.98. The van der Waals surface area contributed by atoms with Crippen LogP contribution in [0.3, 0.4) is 0 Å². The van der Waals surface area contributed by atoms with Gasteiger partial charge in [-0.15, -0.1) is 11.3 Å². The number of nitrogens with one attached hydrogen (secondary N) is 1. The van der Waals surface area contributed by atoms with Crippen LogP contribution in [-0.2, 0) is 7.05 Å². The van der Waals surface area contributed by atoms with E-state index >= 15 is 0 Å². The van der Waals surface area contributed by atoms with Crippen LogP contribution in [0.2, 0.25) is 0 Å². The average Bonchev–Trinajstić information content (AvgIpc) is 3.07. The van der Waals surface area contributed by atoms with E-state index in [1.807, 2.05) is 20.0 Å². The molecular formula is C14H13FN6S. The van der Waals surface area contributed by atoms with Crippen molar-refractivity contribution in [2.75, 3.05) is 5.43 Å². The van der Waals surface area contributed by atoms with Crippen LogP contribution in [-0.4, -0.2) is 26.0 Å². The molecule has 3 aromatic heterocycles. The van der Waals surface area contributed by atoms with Gasteiger partial charge >= 0.3 is 0 Å². The van der Waals surface area contributed by atoms with Crippen molar-refractivity contribution in [2.24, 2.45) is 12.1 Å². The summed E-state index contributed by atoms with van der Waals surface area (Å²) >= 11 is 1.02. The number of nitrogens with zero attached hydrogens (tertiary/aromatic N) is 5. The van der Waals surface area contributed by atoms with Gasteiger partial charge in [0.15, 0.2) is 5.13 Å². The summed E-state index contributed by atoms with van der Waals surface area (Å²) in [5, 5.41) is 7.97. The molecule has 0 aliphatic carbocycles. The Labute approximate surface area is 130 Å². The summed E-state index contributed by atoms with van der Waals surface area (Å²) in [6.07, 6.45) is 4.94. The van der Waals surface area contributed by atoms with Gasteiger partial charge < -0.3 is 0 Å². The minimum absolute atomic E-state index is 0.244. The zero-order chi connectivity index (χ0) is 15.5. The smallest absolute Gasteiger partial charge is 0.244 e. The van der Waals surface area contributed by atoms with Crippen LogP contribution in [0, 0.1) is 12.1 Å². The Balaban J connectivity index is 1.77. The third-order valence-corrected chi connectivity index (χ3v) is 3.93. The van der Waals surface area contributed by atoms with Crippen LogP contribution in [0.15, 0.2) is 35.7 Å². The van der Waals surface area contributed by atoms with Gasteiger partial charge in [-0.2, -0.15) is 14.6 Å². The molecule has 0 atom stereocenters. The number of rotatable bonds is 4. The molecule has 22 heavy (non-hydrogen) atoms. The zero-order valence-electron chi connectivity index (χ0n) is 12.0. The summed E-state index contributed by atoms with van der Waals surface area (Å²) in [7, 11) is 1.88. The monoisotopic (exact) mass is 316 g/mol. The SMILES string of the molecule is Cc1c(-c2ccnc(NN=Cc3ccc(F)s3)n2)cnn1C. The van der Waals surface area contributed by atoms with E-state index < -0.39 is 0 Å². The van der Waals surface area contributed by atoms with Gasteiger partial charge in [-0.05, 0) is 25.1 Å². The van der Waals surface area contributed by atoms with Gasteiger partial charge in [0.05, 0.1) is 23.0 Å². The fourth-order valence-corrected chi connectivity index (χ4v) is 2.47.